The molecule has 0 aliphatic rings. The second kappa shape index (κ2) is 14.9. The highest BCUT2D eigenvalue weighted by atomic mass is 16.6. The molecule has 0 bridgehead atoms. The van der Waals surface area contributed by atoms with Crippen LogP contribution in [0.1, 0.15) is 88.9 Å². The molecular formula is C25H37NO8. The van der Waals surface area contributed by atoms with Gasteiger partial charge >= 0.3 is 17.9 Å². The lowest BCUT2D eigenvalue weighted by molar-refractivity contribution is -0.147. The molecule has 190 valence electrons. The molecule has 0 aliphatic heterocycles. The maximum Gasteiger partial charge on any atom is 0.338 e. The van der Waals surface area contributed by atoms with Crippen LogP contribution in [0.2, 0.25) is 0 Å². The Labute approximate surface area is 200 Å². The molecule has 0 fully saturated rings. The molecule has 1 aromatic carbocycles. The summed E-state index contributed by atoms with van der Waals surface area (Å²) in [5.41, 5.74) is -0.0442. The maximum atomic E-state index is 12.0. The van der Waals surface area contributed by atoms with Gasteiger partial charge < -0.3 is 25.0 Å². The predicted octanol–water partition coefficient (Wildman–Crippen LogP) is 4.19. The van der Waals surface area contributed by atoms with Gasteiger partial charge in [0.1, 0.15) is 17.4 Å². The van der Waals surface area contributed by atoms with E-state index in [1.807, 2.05) is 20.8 Å². The number of hydrogen-bond donors (Lipinski definition) is 3. The number of carbonyl (C=O) groups excluding carboxylic acids is 2. The number of nitrogens with one attached hydrogen (secondary N) is 1. The number of carboxylic acids is 2. The summed E-state index contributed by atoms with van der Waals surface area (Å²) in [6.45, 7) is 6.07. The van der Waals surface area contributed by atoms with E-state index in [0.717, 1.165) is 38.5 Å². The molecule has 1 rings (SSSR count). The Morgan fingerprint density at radius 2 is 1.44 bits per heavy atom. The molecule has 0 spiro atoms. The van der Waals surface area contributed by atoms with Gasteiger partial charge in [-0.05, 0) is 57.9 Å². The Morgan fingerprint density at radius 1 is 0.882 bits per heavy atom. The van der Waals surface area contributed by atoms with Gasteiger partial charge in [0.2, 0.25) is 5.91 Å². The number of rotatable bonds is 16. The van der Waals surface area contributed by atoms with Crippen LogP contribution in [0, 0.1) is 0 Å². The second-order valence-electron chi connectivity index (χ2n) is 9.16. The fourth-order valence-electron chi connectivity index (χ4n) is 3.13. The van der Waals surface area contributed by atoms with E-state index >= 15 is 0 Å². The third kappa shape index (κ3) is 13.4. The summed E-state index contributed by atoms with van der Waals surface area (Å²) in [5.74, 6) is -2.71. The molecule has 1 atom stereocenters. The number of amides is 1. The number of ether oxygens (including phenoxy) is 2. The van der Waals surface area contributed by atoms with Crippen LogP contribution in [0.4, 0.5) is 0 Å². The maximum absolute atomic E-state index is 12.0. The summed E-state index contributed by atoms with van der Waals surface area (Å²) in [7, 11) is 0. The molecule has 34 heavy (non-hydrogen) atoms. The molecule has 0 aliphatic carbocycles. The SMILES string of the molecule is CC(C)(C)OC(=O)c1ccc(OCCCCCCCCCC(=O)N[C@@H](CC(=O)O)C(=O)O)cc1. The summed E-state index contributed by atoms with van der Waals surface area (Å²) in [6.07, 6.45) is 6.01. The highest BCUT2D eigenvalue weighted by Gasteiger charge is 2.22. The first-order valence-electron chi connectivity index (χ1n) is 11.7. The number of esters is 1. The molecule has 9 heteroatoms. The van der Waals surface area contributed by atoms with Crippen LogP contribution in [0.5, 0.6) is 5.75 Å². The Hall–Kier alpha value is -3.10. The van der Waals surface area contributed by atoms with Crippen molar-refractivity contribution in [1.82, 2.24) is 5.32 Å². The molecule has 0 radical (unpaired) electrons. The molecule has 0 saturated heterocycles. The van der Waals surface area contributed by atoms with E-state index in [9.17, 15) is 19.2 Å². The number of carbonyl (C=O) groups is 4. The van der Waals surface area contributed by atoms with E-state index in [2.05, 4.69) is 5.32 Å². The average Bonchev–Trinajstić information content (AvgIpc) is 2.73. The first-order valence-corrected chi connectivity index (χ1v) is 11.7. The van der Waals surface area contributed by atoms with E-state index in [1.165, 1.54) is 0 Å². The molecule has 0 heterocycles. The van der Waals surface area contributed by atoms with Gasteiger partial charge in [-0.1, -0.05) is 32.1 Å². The summed E-state index contributed by atoms with van der Waals surface area (Å²) in [6, 6.07) is 5.51. The van der Waals surface area contributed by atoms with Crippen LogP contribution in [-0.2, 0) is 19.1 Å². The van der Waals surface area contributed by atoms with Gasteiger partial charge in [0.25, 0.3) is 0 Å². The molecule has 1 amide bonds. The summed E-state index contributed by atoms with van der Waals surface area (Å²) < 4.78 is 11.0. The lowest BCUT2D eigenvalue weighted by Gasteiger charge is -2.19. The predicted molar refractivity (Wildman–Crippen MR) is 126 cm³/mol. The molecule has 0 aromatic heterocycles. The minimum atomic E-state index is -1.39. The largest absolute Gasteiger partial charge is 0.494 e. The van der Waals surface area contributed by atoms with Gasteiger partial charge in [0, 0.05) is 6.42 Å². The van der Waals surface area contributed by atoms with Crippen molar-refractivity contribution in [3.8, 4) is 5.75 Å². The van der Waals surface area contributed by atoms with Crippen LogP contribution >= 0.6 is 0 Å². The smallest absolute Gasteiger partial charge is 0.338 e. The van der Waals surface area contributed by atoms with Crippen LogP contribution in [-0.4, -0.2) is 52.3 Å². The molecule has 0 unspecified atom stereocenters. The van der Waals surface area contributed by atoms with Gasteiger partial charge in [0.15, 0.2) is 0 Å². The monoisotopic (exact) mass is 479 g/mol. The fourth-order valence-corrected chi connectivity index (χ4v) is 3.13. The summed E-state index contributed by atoms with van der Waals surface area (Å²) in [4.78, 5) is 45.4. The minimum Gasteiger partial charge on any atom is -0.494 e. The number of carboxylic acid groups (broad SMARTS) is 2. The quantitative estimate of drug-likeness (QED) is 0.237. The standard InChI is InChI=1S/C25H37NO8/c1-25(2,3)34-24(32)18-12-14-19(15-13-18)33-16-10-8-6-4-5-7-9-11-21(27)26-20(23(30)31)17-22(28)29/h12-15,20H,4-11,16-17H2,1-3H3,(H,26,27)(H,28,29)(H,30,31)/t20-/m0/s1. The summed E-state index contributed by atoms with van der Waals surface area (Å²) in [5, 5.41) is 19.8. The fraction of sp³-hybridized carbons (Fsp3) is 0.600. The zero-order chi connectivity index (χ0) is 25.6. The van der Waals surface area contributed by atoms with Crippen molar-refractivity contribution in [3.05, 3.63) is 29.8 Å². The molecular weight excluding hydrogens is 442 g/mol. The minimum absolute atomic E-state index is 0.184. The summed E-state index contributed by atoms with van der Waals surface area (Å²) >= 11 is 0. The number of benzene rings is 1. The van der Waals surface area contributed by atoms with E-state index in [-0.39, 0.29) is 12.4 Å². The lowest BCUT2D eigenvalue weighted by Crippen LogP contribution is -2.42. The first-order chi connectivity index (χ1) is 16.0. The Kier molecular flexibility index (Phi) is 12.7. The van der Waals surface area contributed by atoms with Gasteiger partial charge in [-0.15, -0.1) is 0 Å². The van der Waals surface area contributed by atoms with Crippen LogP contribution < -0.4 is 10.1 Å². The van der Waals surface area contributed by atoms with Crippen LogP contribution in [0.25, 0.3) is 0 Å². The average molecular weight is 480 g/mol. The van der Waals surface area contributed by atoms with Crippen molar-refractivity contribution in [2.75, 3.05) is 6.61 Å². The zero-order valence-electron chi connectivity index (χ0n) is 20.3. The number of hydrogen-bond acceptors (Lipinski definition) is 6. The number of unbranched alkanes of at least 4 members (excludes halogenated alkanes) is 6. The highest BCUT2D eigenvalue weighted by Crippen LogP contribution is 2.17. The third-order valence-corrected chi connectivity index (χ3v) is 4.82. The van der Waals surface area contributed by atoms with Crippen LogP contribution in [0.3, 0.4) is 0 Å². The van der Waals surface area contributed by atoms with Gasteiger partial charge in [-0.25, -0.2) is 9.59 Å². The van der Waals surface area contributed by atoms with E-state index in [0.29, 0.717) is 24.3 Å². The van der Waals surface area contributed by atoms with Crippen molar-refractivity contribution in [2.45, 2.75) is 90.2 Å². The van der Waals surface area contributed by atoms with Crippen molar-refractivity contribution >= 4 is 23.8 Å². The normalized spacial score (nSPS) is 12.0. The molecule has 1 aromatic rings. The van der Waals surface area contributed by atoms with E-state index < -0.39 is 35.9 Å². The van der Waals surface area contributed by atoms with Gasteiger partial charge in [-0.2, -0.15) is 0 Å². The van der Waals surface area contributed by atoms with Gasteiger partial charge in [-0.3, -0.25) is 9.59 Å². The topological polar surface area (TPSA) is 139 Å². The molecule has 0 saturated carbocycles. The Balaban J connectivity index is 2.08. The molecule has 9 nitrogen and oxygen atoms in total. The van der Waals surface area contributed by atoms with Gasteiger partial charge in [0.05, 0.1) is 18.6 Å². The van der Waals surface area contributed by atoms with E-state index in [1.54, 1.807) is 24.3 Å². The number of aliphatic carboxylic acids is 2. The Bertz CT molecular complexity index is 798. The van der Waals surface area contributed by atoms with Crippen molar-refractivity contribution in [2.24, 2.45) is 0 Å². The van der Waals surface area contributed by atoms with Crippen LogP contribution in [0.15, 0.2) is 24.3 Å². The van der Waals surface area contributed by atoms with Crippen molar-refractivity contribution in [1.29, 1.82) is 0 Å². The highest BCUT2D eigenvalue weighted by molar-refractivity contribution is 5.89. The molecule has 3 N–H and O–H groups in total. The first kappa shape index (κ1) is 28.9. The zero-order valence-corrected chi connectivity index (χ0v) is 20.3. The third-order valence-electron chi connectivity index (χ3n) is 4.82. The van der Waals surface area contributed by atoms with E-state index in [4.69, 9.17) is 19.7 Å². The second-order valence-corrected chi connectivity index (χ2v) is 9.16. The Morgan fingerprint density at radius 3 is 1.97 bits per heavy atom. The lowest BCUT2D eigenvalue weighted by atomic mass is 10.1. The van der Waals surface area contributed by atoms with Crippen molar-refractivity contribution < 1.29 is 38.9 Å². The van der Waals surface area contributed by atoms with Crippen molar-refractivity contribution in [3.63, 3.8) is 0 Å².